The number of hydrogen-bond acceptors (Lipinski definition) is 4. The van der Waals surface area contributed by atoms with Gasteiger partial charge in [-0.3, -0.25) is 9.48 Å². The van der Waals surface area contributed by atoms with Crippen LogP contribution >= 0.6 is 0 Å². The van der Waals surface area contributed by atoms with Crippen LogP contribution in [0.4, 0.5) is 0 Å². The molecule has 4 rings (SSSR count). The highest BCUT2D eigenvalue weighted by atomic mass is 16.6. The van der Waals surface area contributed by atoms with Gasteiger partial charge in [-0.25, -0.2) is 0 Å². The molecule has 0 aliphatic carbocycles. The molecule has 1 aromatic heterocycles. The summed E-state index contributed by atoms with van der Waals surface area (Å²) in [5.41, 5.74) is 1.39. The molecule has 6 heteroatoms. The molecule has 2 aromatic rings. The standard InChI is InChI=1S/C20H25N3O3/c1-22-17(8-11-21-22)19(24)23-12-9-18(20(15-23)10-5-13-26-20)25-14-16-6-3-2-4-7-16/h2-4,6-8,11,18H,5,9-10,12-15H2,1H3/t18-,20-/m0/s1. The SMILES string of the molecule is Cn1nccc1C(=O)N1CC[C@H](OCc2ccccc2)[C@]2(CCCO2)C1. The summed E-state index contributed by atoms with van der Waals surface area (Å²) in [6, 6.07) is 12.0. The van der Waals surface area contributed by atoms with Gasteiger partial charge in [0.05, 0.1) is 19.3 Å². The number of carbonyl (C=O) groups is 1. The summed E-state index contributed by atoms with van der Waals surface area (Å²) in [5, 5.41) is 4.11. The molecule has 0 N–H and O–H groups in total. The Labute approximate surface area is 153 Å². The van der Waals surface area contributed by atoms with E-state index >= 15 is 0 Å². The van der Waals surface area contributed by atoms with Gasteiger partial charge in [0.2, 0.25) is 0 Å². The molecule has 2 saturated heterocycles. The molecule has 0 bridgehead atoms. The van der Waals surface area contributed by atoms with E-state index in [-0.39, 0.29) is 17.6 Å². The van der Waals surface area contributed by atoms with Crippen molar-refractivity contribution in [3.8, 4) is 0 Å². The Hall–Kier alpha value is -2.18. The van der Waals surface area contributed by atoms with Crippen molar-refractivity contribution in [2.24, 2.45) is 7.05 Å². The largest absolute Gasteiger partial charge is 0.370 e. The maximum Gasteiger partial charge on any atom is 0.272 e. The van der Waals surface area contributed by atoms with Crippen LogP contribution < -0.4 is 0 Å². The van der Waals surface area contributed by atoms with Crippen molar-refractivity contribution >= 4 is 5.91 Å². The van der Waals surface area contributed by atoms with Crippen LogP contribution in [0.15, 0.2) is 42.6 Å². The van der Waals surface area contributed by atoms with Crippen LogP contribution in [0.25, 0.3) is 0 Å². The topological polar surface area (TPSA) is 56.6 Å². The summed E-state index contributed by atoms with van der Waals surface area (Å²) in [4.78, 5) is 14.8. The molecule has 1 spiro atoms. The van der Waals surface area contributed by atoms with Crippen molar-refractivity contribution in [1.29, 1.82) is 0 Å². The Balaban J connectivity index is 1.47. The number of amides is 1. The molecule has 2 aliphatic heterocycles. The molecule has 1 amide bonds. The molecule has 2 atom stereocenters. The van der Waals surface area contributed by atoms with E-state index in [4.69, 9.17) is 9.47 Å². The molecular formula is C20H25N3O3. The Morgan fingerprint density at radius 2 is 2.19 bits per heavy atom. The molecule has 1 aromatic carbocycles. The van der Waals surface area contributed by atoms with Crippen molar-refractivity contribution in [1.82, 2.24) is 14.7 Å². The van der Waals surface area contributed by atoms with Gasteiger partial charge < -0.3 is 14.4 Å². The van der Waals surface area contributed by atoms with Crippen molar-refractivity contribution in [3.63, 3.8) is 0 Å². The average molecular weight is 355 g/mol. The van der Waals surface area contributed by atoms with Crippen molar-refractivity contribution < 1.29 is 14.3 Å². The highest BCUT2D eigenvalue weighted by Crippen LogP contribution is 2.37. The number of hydrogen-bond donors (Lipinski definition) is 0. The van der Waals surface area contributed by atoms with E-state index in [1.165, 1.54) is 0 Å². The molecular weight excluding hydrogens is 330 g/mol. The molecule has 6 nitrogen and oxygen atoms in total. The minimum Gasteiger partial charge on any atom is -0.370 e. The van der Waals surface area contributed by atoms with Gasteiger partial charge >= 0.3 is 0 Å². The van der Waals surface area contributed by atoms with Gasteiger partial charge in [-0.05, 0) is 30.9 Å². The molecule has 2 fully saturated rings. The van der Waals surface area contributed by atoms with E-state index < -0.39 is 0 Å². The second kappa shape index (κ2) is 7.21. The minimum absolute atomic E-state index is 0.0146. The lowest BCUT2D eigenvalue weighted by molar-refractivity contribution is -0.153. The minimum atomic E-state index is -0.388. The van der Waals surface area contributed by atoms with Crippen LogP contribution in [-0.2, 0) is 23.1 Å². The van der Waals surface area contributed by atoms with Gasteiger partial charge in [-0.1, -0.05) is 30.3 Å². The lowest BCUT2D eigenvalue weighted by Crippen LogP contribution is -2.58. The average Bonchev–Trinajstić information content (AvgIpc) is 3.30. The van der Waals surface area contributed by atoms with E-state index in [1.54, 1.807) is 24.0 Å². The van der Waals surface area contributed by atoms with Crippen LogP contribution in [0, 0.1) is 0 Å². The summed E-state index contributed by atoms with van der Waals surface area (Å²) in [6.07, 6.45) is 4.41. The number of likely N-dealkylation sites (tertiary alicyclic amines) is 1. The van der Waals surface area contributed by atoms with Gasteiger partial charge in [0.25, 0.3) is 5.91 Å². The molecule has 0 radical (unpaired) electrons. The normalized spacial score (nSPS) is 25.7. The van der Waals surface area contributed by atoms with Gasteiger partial charge in [0.1, 0.15) is 11.3 Å². The predicted molar refractivity (Wildman–Crippen MR) is 96.7 cm³/mol. The Morgan fingerprint density at radius 1 is 1.35 bits per heavy atom. The predicted octanol–water partition coefficient (Wildman–Crippen LogP) is 2.40. The molecule has 0 unspecified atom stereocenters. The summed E-state index contributed by atoms with van der Waals surface area (Å²) >= 11 is 0. The molecule has 138 valence electrons. The maximum absolute atomic E-state index is 12.9. The number of benzene rings is 1. The van der Waals surface area contributed by atoms with Crippen LogP contribution in [0.3, 0.4) is 0 Å². The van der Waals surface area contributed by atoms with E-state index in [1.807, 2.05) is 23.1 Å². The van der Waals surface area contributed by atoms with Gasteiger partial charge in [-0.15, -0.1) is 0 Å². The fourth-order valence-corrected chi connectivity index (χ4v) is 4.06. The Kier molecular flexibility index (Phi) is 4.78. The number of piperidine rings is 1. The third kappa shape index (κ3) is 3.27. The van der Waals surface area contributed by atoms with Crippen molar-refractivity contribution in [2.45, 2.75) is 37.6 Å². The van der Waals surface area contributed by atoms with Gasteiger partial charge in [-0.2, -0.15) is 5.10 Å². The third-order valence-electron chi connectivity index (χ3n) is 5.46. The molecule has 0 saturated carbocycles. The first kappa shape index (κ1) is 17.2. The van der Waals surface area contributed by atoms with E-state index in [9.17, 15) is 4.79 Å². The zero-order valence-electron chi connectivity index (χ0n) is 15.1. The van der Waals surface area contributed by atoms with Crippen molar-refractivity contribution in [3.05, 3.63) is 53.9 Å². The number of rotatable bonds is 4. The lowest BCUT2D eigenvalue weighted by atomic mass is 9.86. The molecule has 26 heavy (non-hydrogen) atoms. The summed E-state index contributed by atoms with van der Waals surface area (Å²) < 4.78 is 14.1. The quantitative estimate of drug-likeness (QED) is 0.845. The molecule has 3 heterocycles. The number of nitrogens with zero attached hydrogens (tertiary/aromatic N) is 3. The van der Waals surface area contributed by atoms with E-state index in [0.29, 0.717) is 25.4 Å². The summed E-state index contributed by atoms with van der Waals surface area (Å²) in [5.74, 6) is 0.0152. The highest BCUT2D eigenvalue weighted by Gasteiger charge is 2.48. The highest BCUT2D eigenvalue weighted by molar-refractivity contribution is 5.92. The summed E-state index contributed by atoms with van der Waals surface area (Å²) in [7, 11) is 1.80. The second-order valence-corrected chi connectivity index (χ2v) is 7.16. The first-order valence-electron chi connectivity index (χ1n) is 9.25. The number of carbonyl (C=O) groups excluding carboxylic acids is 1. The smallest absolute Gasteiger partial charge is 0.272 e. The Morgan fingerprint density at radius 3 is 2.88 bits per heavy atom. The second-order valence-electron chi connectivity index (χ2n) is 7.16. The van der Waals surface area contributed by atoms with Crippen LogP contribution in [0.1, 0.15) is 35.3 Å². The zero-order valence-corrected chi connectivity index (χ0v) is 15.1. The Bertz CT molecular complexity index is 753. The fourth-order valence-electron chi connectivity index (χ4n) is 4.06. The van der Waals surface area contributed by atoms with Crippen LogP contribution in [0.5, 0.6) is 0 Å². The molecule has 2 aliphatic rings. The first-order valence-corrected chi connectivity index (χ1v) is 9.25. The van der Waals surface area contributed by atoms with Gasteiger partial charge in [0.15, 0.2) is 0 Å². The monoisotopic (exact) mass is 355 g/mol. The third-order valence-corrected chi connectivity index (χ3v) is 5.46. The lowest BCUT2D eigenvalue weighted by Gasteiger charge is -2.45. The first-order chi connectivity index (χ1) is 12.7. The fraction of sp³-hybridized carbons (Fsp3) is 0.500. The number of ether oxygens (including phenoxy) is 2. The zero-order chi connectivity index (χ0) is 18.0. The number of aromatic nitrogens is 2. The number of aryl methyl sites for hydroxylation is 1. The van der Waals surface area contributed by atoms with Crippen LogP contribution in [0.2, 0.25) is 0 Å². The van der Waals surface area contributed by atoms with Crippen molar-refractivity contribution in [2.75, 3.05) is 19.7 Å². The van der Waals surface area contributed by atoms with Gasteiger partial charge in [0, 0.05) is 26.4 Å². The van der Waals surface area contributed by atoms with Crippen LogP contribution in [-0.4, -0.2) is 52.0 Å². The summed E-state index contributed by atoms with van der Waals surface area (Å²) in [6.45, 7) is 2.57. The maximum atomic E-state index is 12.9. The van der Waals surface area contributed by atoms with E-state index in [0.717, 1.165) is 31.4 Å². The van der Waals surface area contributed by atoms with E-state index in [2.05, 4.69) is 17.2 Å².